The number of hydrogen-bond donors (Lipinski definition) is 1. The van der Waals surface area contributed by atoms with Crippen LogP contribution in [-0.4, -0.2) is 15.9 Å². The third-order valence-corrected chi connectivity index (χ3v) is 5.38. The van der Waals surface area contributed by atoms with E-state index in [-0.39, 0.29) is 16.6 Å². The van der Waals surface area contributed by atoms with Crippen molar-refractivity contribution in [2.24, 2.45) is 0 Å². The van der Waals surface area contributed by atoms with Gasteiger partial charge in [-0.15, -0.1) is 0 Å². The maximum absolute atomic E-state index is 12.7. The van der Waals surface area contributed by atoms with Crippen LogP contribution in [0.25, 0.3) is 0 Å². The van der Waals surface area contributed by atoms with Gasteiger partial charge in [-0.1, -0.05) is 59.8 Å². The molecule has 0 aliphatic carbocycles. The van der Waals surface area contributed by atoms with E-state index in [9.17, 15) is 4.79 Å². The molecule has 138 valence electrons. The van der Waals surface area contributed by atoms with Crippen LogP contribution in [0.3, 0.4) is 0 Å². The van der Waals surface area contributed by atoms with Gasteiger partial charge < -0.3 is 5.32 Å². The average molecular weight is 398 g/mol. The fourth-order valence-corrected chi connectivity index (χ4v) is 3.61. The number of carbonyl (C=O) groups is 1. The Labute approximate surface area is 168 Å². The number of aryl methyl sites for hydroxylation is 3. The van der Waals surface area contributed by atoms with E-state index >= 15 is 0 Å². The molecule has 6 heteroatoms. The van der Waals surface area contributed by atoms with Crippen molar-refractivity contribution in [1.82, 2.24) is 9.97 Å². The first-order valence-electron chi connectivity index (χ1n) is 8.52. The second-order valence-corrected chi connectivity index (χ2v) is 7.69. The van der Waals surface area contributed by atoms with E-state index in [0.717, 1.165) is 22.6 Å². The van der Waals surface area contributed by atoms with Crippen LogP contribution in [0.2, 0.25) is 5.02 Å². The quantitative estimate of drug-likeness (QED) is 0.449. The molecule has 0 bridgehead atoms. The fraction of sp³-hybridized carbons (Fsp3) is 0.190. The third kappa shape index (κ3) is 4.87. The van der Waals surface area contributed by atoms with Gasteiger partial charge in [-0.05, 0) is 49.1 Å². The average Bonchev–Trinajstić information content (AvgIpc) is 2.65. The van der Waals surface area contributed by atoms with Gasteiger partial charge in [0.1, 0.15) is 0 Å². The Kier molecular flexibility index (Phi) is 6.14. The fourth-order valence-electron chi connectivity index (χ4n) is 2.55. The Hall–Kier alpha value is -2.37. The van der Waals surface area contributed by atoms with Crippen molar-refractivity contribution >= 4 is 35.0 Å². The molecule has 0 aliphatic rings. The van der Waals surface area contributed by atoms with Crippen molar-refractivity contribution in [3.05, 3.63) is 81.6 Å². The van der Waals surface area contributed by atoms with Gasteiger partial charge in [0.05, 0.1) is 11.2 Å². The summed E-state index contributed by atoms with van der Waals surface area (Å²) in [5.74, 6) is 0.389. The molecule has 1 aromatic heterocycles. The van der Waals surface area contributed by atoms with Gasteiger partial charge in [0, 0.05) is 11.4 Å². The van der Waals surface area contributed by atoms with Crippen molar-refractivity contribution in [3.8, 4) is 0 Å². The summed E-state index contributed by atoms with van der Waals surface area (Å²) >= 11 is 7.65. The molecule has 0 saturated heterocycles. The highest BCUT2D eigenvalue weighted by molar-refractivity contribution is 7.98. The number of carbonyl (C=O) groups excluding carboxylic acids is 1. The number of thioether (sulfide) groups is 1. The molecule has 0 aliphatic heterocycles. The van der Waals surface area contributed by atoms with Crippen LogP contribution in [0.5, 0.6) is 0 Å². The van der Waals surface area contributed by atoms with Crippen LogP contribution < -0.4 is 5.32 Å². The molecule has 4 nitrogen and oxygen atoms in total. The third-order valence-electron chi connectivity index (χ3n) is 4.20. The van der Waals surface area contributed by atoms with Crippen molar-refractivity contribution in [1.29, 1.82) is 0 Å². The molecule has 1 heterocycles. The molecule has 0 spiro atoms. The normalized spacial score (nSPS) is 10.7. The predicted octanol–water partition coefficient (Wildman–Crippen LogP) is 5.60. The smallest absolute Gasteiger partial charge is 0.275 e. The highest BCUT2D eigenvalue weighted by atomic mass is 35.5. The summed E-state index contributed by atoms with van der Waals surface area (Å²) in [6.07, 6.45) is 1.48. The van der Waals surface area contributed by atoms with Crippen LogP contribution in [0.4, 0.5) is 5.69 Å². The van der Waals surface area contributed by atoms with Crippen LogP contribution in [0.15, 0.2) is 53.8 Å². The number of amides is 1. The Morgan fingerprint density at radius 2 is 1.89 bits per heavy atom. The van der Waals surface area contributed by atoms with Gasteiger partial charge >= 0.3 is 0 Å². The standard InChI is InChI=1S/C21H20ClN3OS/c1-13-8-9-15(3)18(10-13)24-20(26)19-17(22)11-23-21(25-19)27-12-16-7-5-4-6-14(16)2/h4-11H,12H2,1-3H3,(H,24,26). The first-order valence-corrected chi connectivity index (χ1v) is 9.89. The highest BCUT2D eigenvalue weighted by Crippen LogP contribution is 2.24. The number of nitrogens with one attached hydrogen (secondary N) is 1. The highest BCUT2D eigenvalue weighted by Gasteiger charge is 2.16. The maximum atomic E-state index is 12.7. The largest absolute Gasteiger partial charge is 0.320 e. The minimum atomic E-state index is -0.339. The number of halogens is 1. The number of hydrogen-bond acceptors (Lipinski definition) is 4. The molecule has 3 aromatic rings. The van der Waals surface area contributed by atoms with Gasteiger partial charge in [-0.3, -0.25) is 4.79 Å². The summed E-state index contributed by atoms with van der Waals surface area (Å²) in [5.41, 5.74) is 5.41. The number of nitrogens with zero attached hydrogens (tertiary/aromatic N) is 2. The van der Waals surface area contributed by atoms with E-state index in [2.05, 4.69) is 34.3 Å². The monoisotopic (exact) mass is 397 g/mol. The Bertz CT molecular complexity index is 991. The van der Waals surface area contributed by atoms with Gasteiger partial charge in [0.2, 0.25) is 0 Å². The predicted molar refractivity (Wildman–Crippen MR) is 112 cm³/mol. The molecular weight excluding hydrogens is 378 g/mol. The minimum absolute atomic E-state index is 0.180. The van der Waals surface area contributed by atoms with E-state index in [1.807, 2.05) is 44.2 Å². The molecule has 0 unspecified atom stereocenters. The number of anilines is 1. The van der Waals surface area contributed by atoms with E-state index < -0.39 is 0 Å². The lowest BCUT2D eigenvalue weighted by Crippen LogP contribution is -2.16. The first kappa shape index (κ1) is 19.4. The zero-order chi connectivity index (χ0) is 19.4. The Morgan fingerprint density at radius 1 is 1.11 bits per heavy atom. The van der Waals surface area contributed by atoms with Crippen molar-refractivity contribution in [2.45, 2.75) is 31.7 Å². The van der Waals surface area contributed by atoms with Crippen LogP contribution in [0, 0.1) is 20.8 Å². The summed E-state index contributed by atoms with van der Waals surface area (Å²) in [7, 11) is 0. The Morgan fingerprint density at radius 3 is 2.67 bits per heavy atom. The first-order chi connectivity index (χ1) is 12.9. The van der Waals surface area contributed by atoms with E-state index in [0.29, 0.717) is 5.16 Å². The van der Waals surface area contributed by atoms with Gasteiger partial charge in [0.15, 0.2) is 10.9 Å². The van der Waals surface area contributed by atoms with Gasteiger partial charge in [-0.25, -0.2) is 9.97 Å². The SMILES string of the molecule is Cc1ccc(C)c(NC(=O)c2nc(SCc3ccccc3C)ncc2Cl)c1. The summed E-state index contributed by atoms with van der Waals surface area (Å²) in [5, 5.41) is 3.65. The lowest BCUT2D eigenvalue weighted by Gasteiger charge is -2.10. The molecule has 0 fully saturated rings. The van der Waals surface area contributed by atoms with Gasteiger partial charge in [0.25, 0.3) is 5.91 Å². The molecule has 0 atom stereocenters. The van der Waals surface area contributed by atoms with Crippen molar-refractivity contribution in [2.75, 3.05) is 5.32 Å². The molecule has 3 rings (SSSR count). The summed E-state index contributed by atoms with van der Waals surface area (Å²) in [6.45, 7) is 5.99. The molecule has 1 N–H and O–H groups in total. The van der Waals surface area contributed by atoms with Crippen LogP contribution in [-0.2, 0) is 5.75 Å². The lowest BCUT2D eigenvalue weighted by molar-refractivity contribution is 0.102. The van der Waals surface area contributed by atoms with Crippen molar-refractivity contribution < 1.29 is 4.79 Å². The number of aromatic nitrogens is 2. The molecule has 27 heavy (non-hydrogen) atoms. The minimum Gasteiger partial charge on any atom is -0.320 e. The second-order valence-electron chi connectivity index (χ2n) is 6.34. The van der Waals surface area contributed by atoms with E-state index in [1.54, 1.807) is 0 Å². The van der Waals surface area contributed by atoms with Gasteiger partial charge in [-0.2, -0.15) is 0 Å². The van der Waals surface area contributed by atoms with Crippen molar-refractivity contribution in [3.63, 3.8) is 0 Å². The van der Waals surface area contributed by atoms with E-state index in [4.69, 9.17) is 11.6 Å². The lowest BCUT2D eigenvalue weighted by atomic mass is 10.1. The number of rotatable bonds is 5. The van der Waals surface area contributed by atoms with Crippen LogP contribution in [0.1, 0.15) is 32.7 Å². The summed E-state index contributed by atoms with van der Waals surface area (Å²) in [4.78, 5) is 21.3. The maximum Gasteiger partial charge on any atom is 0.275 e. The topological polar surface area (TPSA) is 54.9 Å². The Balaban J connectivity index is 1.77. The zero-order valence-electron chi connectivity index (χ0n) is 15.4. The van der Waals surface area contributed by atoms with Crippen LogP contribution >= 0.6 is 23.4 Å². The summed E-state index contributed by atoms with van der Waals surface area (Å²) < 4.78 is 0. The van der Waals surface area contributed by atoms with E-state index in [1.165, 1.54) is 29.1 Å². The summed E-state index contributed by atoms with van der Waals surface area (Å²) in [6, 6.07) is 14.1. The second kappa shape index (κ2) is 8.55. The number of benzene rings is 2. The molecule has 1 amide bonds. The molecule has 0 saturated carbocycles. The molecule has 2 aromatic carbocycles. The molecule has 0 radical (unpaired) electrons. The molecular formula is C21H20ClN3OS. The zero-order valence-corrected chi connectivity index (χ0v) is 17.0.